The van der Waals surface area contributed by atoms with Crippen molar-refractivity contribution in [1.29, 1.82) is 0 Å². The van der Waals surface area contributed by atoms with Gasteiger partial charge < -0.3 is 5.11 Å². The van der Waals surface area contributed by atoms with E-state index in [4.69, 9.17) is 0 Å². The van der Waals surface area contributed by atoms with E-state index in [1.165, 1.54) is 51.9 Å². The summed E-state index contributed by atoms with van der Waals surface area (Å²) in [7, 11) is 0. The second-order valence-corrected chi connectivity index (χ2v) is 6.39. The smallest absolute Gasteiger partial charge is 0.122 e. The van der Waals surface area contributed by atoms with Crippen LogP contribution < -0.4 is 0 Å². The molecule has 0 amide bonds. The number of allylic oxidation sites excluding steroid dienone is 1. The maximum absolute atomic E-state index is 12.5. The van der Waals surface area contributed by atoms with Crippen molar-refractivity contribution in [2.75, 3.05) is 6.67 Å². The largest absolute Gasteiger partial charge is 0.382 e. The van der Waals surface area contributed by atoms with Crippen molar-refractivity contribution in [1.82, 2.24) is 0 Å². The molecule has 3 heteroatoms. The van der Waals surface area contributed by atoms with Gasteiger partial charge in [0.05, 0.1) is 0 Å². The van der Waals surface area contributed by atoms with Gasteiger partial charge in [-0.1, -0.05) is 57.9 Å². The first kappa shape index (κ1) is 18.4. The highest BCUT2D eigenvalue weighted by atomic mass is 127. The van der Waals surface area contributed by atoms with E-state index < -0.39 is 12.3 Å². The molecule has 0 radical (unpaired) electrons. The molecule has 0 fully saturated rings. The molecule has 0 aromatic carbocycles. The lowest BCUT2D eigenvalue weighted by Gasteiger charge is -2.18. The lowest BCUT2D eigenvalue weighted by atomic mass is 10.1. The van der Waals surface area contributed by atoms with Gasteiger partial charge in [-0.3, -0.25) is 0 Å². The molecule has 0 bridgehead atoms. The quantitative estimate of drug-likeness (QED) is 0.373. The van der Waals surface area contributed by atoms with Gasteiger partial charge in [0.25, 0.3) is 0 Å². The molecule has 1 nitrogen and oxygen atoms in total. The van der Waals surface area contributed by atoms with Gasteiger partial charge in [0.2, 0.25) is 0 Å². The van der Waals surface area contributed by atoms with Crippen LogP contribution in [-0.4, -0.2) is 17.4 Å². The number of hydrogen-bond acceptors (Lipinski definition) is 1. The van der Waals surface area contributed by atoms with Crippen molar-refractivity contribution >= 4 is 22.6 Å². The molecule has 0 aliphatic heterocycles. The normalized spacial score (nSPS) is 15.7. The molecule has 0 aliphatic carbocycles. The maximum Gasteiger partial charge on any atom is 0.122 e. The van der Waals surface area contributed by atoms with Crippen molar-refractivity contribution in [2.45, 2.75) is 77.2 Å². The number of halogens is 2. The summed E-state index contributed by atoms with van der Waals surface area (Å²) in [6.45, 7) is 3.05. The second kappa shape index (κ2) is 11.2. The summed E-state index contributed by atoms with van der Waals surface area (Å²) >= 11 is 2.04. The highest BCUT2D eigenvalue weighted by Crippen LogP contribution is 2.24. The Bertz CT molecular complexity index is 227. The van der Waals surface area contributed by atoms with Crippen LogP contribution in [0.1, 0.15) is 71.6 Å². The van der Waals surface area contributed by atoms with Crippen LogP contribution in [0.4, 0.5) is 4.39 Å². The summed E-state index contributed by atoms with van der Waals surface area (Å²) in [5, 5.41) is 9.66. The number of rotatable bonds is 11. The summed E-state index contributed by atoms with van der Waals surface area (Å²) in [4.78, 5) is 0. The first-order valence-electron chi connectivity index (χ1n) is 7.19. The summed E-state index contributed by atoms with van der Waals surface area (Å²) in [6.07, 6.45) is 13.3. The summed E-state index contributed by atoms with van der Waals surface area (Å²) < 4.78 is 13.2. The van der Waals surface area contributed by atoms with Crippen LogP contribution in [0.5, 0.6) is 0 Å². The SMILES string of the molecule is CCCCCCCCCCC=C(I)C(C)(O)CF. The van der Waals surface area contributed by atoms with Crippen molar-refractivity contribution in [3.05, 3.63) is 9.66 Å². The van der Waals surface area contributed by atoms with Crippen LogP contribution in [0.25, 0.3) is 0 Å². The van der Waals surface area contributed by atoms with Crippen LogP contribution in [0.3, 0.4) is 0 Å². The summed E-state index contributed by atoms with van der Waals surface area (Å²) in [5.41, 5.74) is -1.28. The Morgan fingerprint density at radius 3 is 2.11 bits per heavy atom. The predicted molar refractivity (Wildman–Crippen MR) is 85.9 cm³/mol. The summed E-state index contributed by atoms with van der Waals surface area (Å²) in [6, 6.07) is 0. The third kappa shape index (κ3) is 9.31. The third-order valence-electron chi connectivity index (χ3n) is 3.16. The molecule has 108 valence electrons. The first-order chi connectivity index (χ1) is 8.54. The fourth-order valence-electron chi connectivity index (χ4n) is 1.79. The molecule has 0 aliphatic rings. The average Bonchev–Trinajstić information content (AvgIpc) is 2.36. The number of hydrogen-bond donors (Lipinski definition) is 1. The van der Waals surface area contributed by atoms with Gasteiger partial charge in [-0.25, -0.2) is 4.39 Å². The average molecular weight is 370 g/mol. The fourth-order valence-corrected chi connectivity index (χ4v) is 2.25. The Morgan fingerprint density at radius 1 is 1.11 bits per heavy atom. The van der Waals surface area contributed by atoms with Gasteiger partial charge in [0, 0.05) is 3.58 Å². The van der Waals surface area contributed by atoms with Crippen LogP contribution >= 0.6 is 22.6 Å². The fraction of sp³-hybridized carbons (Fsp3) is 0.867. The van der Waals surface area contributed by atoms with Crippen molar-refractivity contribution < 1.29 is 9.50 Å². The zero-order valence-electron chi connectivity index (χ0n) is 11.9. The Hall–Kier alpha value is 0.360. The molecule has 1 unspecified atom stereocenters. The van der Waals surface area contributed by atoms with Crippen LogP contribution in [0.15, 0.2) is 9.66 Å². The lowest BCUT2D eigenvalue weighted by molar-refractivity contribution is 0.0788. The van der Waals surface area contributed by atoms with Crippen molar-refractivity contribution in [2.24, 2.45) is 0 Å². The molecule has 0 saturated heterocycles. The zero-order chi connectivity index (χ0) is 13.9. The number of alkyl halides is 1. The van der Waals surface area contributed by atoms with E-state index in [9.17, 15) is 9.50 Å². The minimum absolute atomic E-state index is 0.709. The highest BCUT2D eigenvalue weighted by molar-refractivity contribution is 14.1. The van der Waals surface area contributed by atoms with E-state index in [1.54, 1.807) is 0 Å². The topological polar surface area (TPSA) is 20.2 Å². The van der Waals surface area contributed by atoms with Gasteiger partial charge in [0.15, 0.2) is 0 Å². The van der Waals surface area contributed by atoms with Gasteiger partial charge in [0.1, 0.15) is 12.3 Å². The molecule has 0 saturated carbocycles. The number of unbranched alkanes of at least 4 members (excludes halogenated alkanes) is 8. The molecule has 1 atom stereocenters. The predicted octanol–water partition coefficient (Wildman–Crippen LogP) is 5.56. The Kier molecular flexibility index (Phi) is 11.4. The number of aliphatic hydroxyl groups is 1. The van der Waals surface area contributed by atoms with Crippen LogP contribution in [0.2, 0.25) is 0 Å². The van der Waals surface area contributed by atoms with Crippen molar-refractivity contribution in [3.8, 4) is 0 Å². The third-order valence-corrected chi connectivity index (χ3v) is 4.76. The Morgan fingerprint density at radius 2 is 1.61 bits per heavy atom. The minimum atomic E-state index is -1.28. The lowest BCUT2D eigenvalue weighted by Crippen LogP contribution is -2.26. The van der Waals surface area contributed by atoms with Crippen molar-refractivity contribution in [3.63, 3.8) is 0 Å². The molecular formula is C15H28FIO. The minimum Gasteiger partial charge on any atom is -0.382 e. The Labute approximate surface area is 125 Å². The molecule has 18 heavy (non-hydrogen) atoms. The summed E-state index contributed by atoms with van der Waals surface area (Å²) in [5.74, 6) is 0. The van der Waals surface area contributed by atoms with E-state index in [2.05, 4.69) is 6.92 Å². The zero-order valence-corrected chi connectivity index (χ0v) is 14.0. The monoisotopic (exact) mass is 370 g/mol. The van der Waals surface area contributed by atoms with Gasteiger partial charge in [-0.05, 0) is 42.4 Å². The molecule has 1 N–H and O–H groups in total. The molecule has 0 rings (SSSR count). The van der Waals surface area contributed by atoms with Gasteiger partial charge >= 0.3 is 0 Å². The second-order valence-electron chi connectivity index (χ2n) is 5.22. The van der Waals surface area contributed by atoms with E-state index in [-0.39, 0.29) is 0 Å². The van der Waals surface area contributed by atoms with Crippen LogP contribution in [0, 0.1) is 0 Å². The molecule has 0 spiro atoms. The van der Waals surface area contributed by atoms with Crippen LogP contribution in [-0.2, 0) is 0 Å². The van der Waals surface area contributed by atoms with E-state index in [0.29, 0.717) is 0 Å². The standard InChI is InChI=1S/C15H28FIO/c1-3-4-5-6-7-8-9-10-11-12-14(17)15(2,18)13-16/h12,18H,3-11,13H2,1-2H3. The molecule has 0 aromatic rings. The van der Waals surface area contributed by atoms with E-state index in [0.717, 1.165) is 16.4 Å². The maximum atomic E-state index is 12.5. The molecule has 0 aromatic heterocycles. The van der Waals surface area contributed by atoms with Gasteiger partial charge in [-0.15, -0.1) is 0 Å². The molecule has 0 heterocycles. The first-order valence-corrected chi connectivity index (χ1v) is 8.27. The highest BCUT2D eigenvalue weighted by Gasteiger charge is 2.23. The van der Waals surface area contributed by atoms with Gasteiger partial charge in [-0.2, -0.15) is 0 Å². The Balaban J connectivity index is 3.47. The van der Waals surface area contributed by atoms with E-state index >= 15 is 0 Å². The van der Waals surface area contributed by atoms with E-state index in [1.807, 2.05) is 28.7 Å². The molecular weight excluding hydrogens is 342 g/mol.